The number of allylic oxidation sites excluding steroid dienone is 1. The summed E-state index contributed by atoms with van der Waals surface area (Å²) in [5.74, 6) is -0.280. The van der Waals surface area contributed by atoms with Crippen LogP contribution in [0.1, 0.15) is 155 Å². The number of hydrogen-bond donors (Lipinski definition) is 12. The number of aliphatic hydroxyl groups is 11. The highest BCUT2D eigenvalue weighted by molar-refractivity contribution is 5.76. The number of ether oxygens (including phenoxy) is 6. The predicted molar refractivity (Wildman–Crippen MR) is 245 cm³/mol. The molecule has 17 atom stereocenters. The predicted octanol–water partition coefficient (Wildman–Crippen LogP) is 1.48. The molecule has 17 unspecified atom stereocenters. The number of carbonyl (C=O) groups excluding carboxylic acids is 1. The molecule has 67 heavy (non-hydrogen) atoms. The Kier molecular flexibility index (Phi) is 30.4. The molecule has 0 aromatic heterocycles. The van der Waals surface area contributed by atoms with Gasteiger partial charge in [-0.2, -0.15) is 0 Å². The summed E-state index contributed by atoms with van der Waals surface area (Å²) in [6.45, 7) is 1.65. The average Bonchev–Trinajstić information content (AvgIpc) is 3.32. The van der Waals surface area contributed by atoms with Crippen molar-refractivity contribution in [2.24, 2.45) is 0 Å². The lowest BCUT2D eigenvalue weighted by Gasteiger charge is -2.48. The molecular weight excluding hydrogens is 879 g/mol. The van der Waals surface area contributed by atoms with Crippen LogP contribution in [-0.4, -0.2) is 193 Å². The molecule has 3 heterocycles. The van der Waals surface area contributed by atoms with Crippen LogP contribution in [0.25, 0.3) is 0 Å². The van der Waals surface area contributed by atoms with Crippen LogP contribution < -0.4 is 5.32 Å². The molecule has 19 heteroatoms. The average molecular weight is 968 g/mol. The van der Waals surface area contributed by atoms with Gasteiger partial charge in [-0.1, -0.05) is 142 Å². The summed E-state index contributed by atoms with van der Waals surface area (Å²) in [5.41, 5.74) is 0. The largest absolute Gasteiger partial charge is 0.394 e. The lowest BCUT2D eigenvalue weighted by atomic mass is 9.96. The first-order valence-corrected chi connectivity index (χ1v) is 25.4. The number of amides is 1. The molecule has 394 valence electrons. The van der Waals surface area contributed by atoms with Gasteiger partial charge in [0.15, 0.2) is 18.9 Å². The molecule has 0 spiro atoms. The Hall–Kier alpha value is -1.47. The lowest BCUT2D eigenvalue weighted by Crippen LogP contribution is -2.66. The van der Waals surface area contributed by atoms with Crippen LogP contribution in [-0.2, 0) is 33.2 Å². The molecule has 0 saturated carbocycles. The fraction of sp³-hybridized carbons (Fsp3) is 0.938. The third-order valence-corrected chi connectivity index (χ3v) is 13.1. The molecule has 1 amide bonds. The minimum Gasteiger partial charge on any atom is -0.394 e. The Morgan fingerprint density at radius 2 is 0.925 bits per heavy atom. The second-order valence-electron chi connectivity index (χ2n) is 18.6. The van der Waals surface area contributed by atoms with E-state index in [4.69, 9.17) is 28.4 Å². The highest BCUT2D eigenvalue weighted by Gasteiger charge is 2.53. The molecule has 3 aliphatic rings. The topological polar surface area (TPSA) is 307 Å². The van der Waals surface area contributed by atoms with Crippen LogP contribution in [0, 0.1) is 0 Å². The third-order valence-electron chi connectivity index (χ3n) is 13.1. The molecular formula is C48H89NO18. The molecule has 3 fully saturated rings. The van der Waals surface area contributed by atoms with Crippen LogP contribution in [0.5, 0.6) is 0 Å². The van der Waals surface area contributed by atoms with Crippen LogP contribution in [0.15, 0.2) is 12.2 Å². The summed E-state index contributed by atoms with van der Waals surface area (Å²) in [7, 11) is 0. The monoisotopic (exact) mass is 968 g/mol. The maximum absolute atomic E-state index is 13.2. The summed E-state index contributed by atoms with van der Waals surface area (Å²) >= 11 is 0. The number of rotatable bonds is 35. The lowest BCUT2D eigenvalue weighted by molar-refractivity contribution is -0.379. The number of unbranched alkanes of at least 4 members (excludes halogenated alkanes) is 19. The van der Waals surface area contributed by atoms with Crippen molar-refractivity contribution >= 4 is 5.91 Å². The van der Waals surface area contributed by atoms with E-state index in [1.54, 1.807) is 6.08 Å². The van der Waals surface area contributed by atoms with E-state index in [9.17, 15) is 61.0 Å². The summed E-state index contributed by atoms with van der Waals surface area (Å²) in [6.07, 6.45) is 0.833. The molecule has 0 aromatic carbocycles. The first-order valence-electron chi connectivity index (χ1n) is 25.4. The molecule has 3 rings (SSSR count). The number of carbonyl (C=O) groups is 1. The zero-order chi connectivity index (χ0) is 49.1. The van der Waals surface area contributed by atoms with E-state index in [0.29, 0.717) is 6.42 Å². The van der Waals surface area contributed by atoms with Gasteiger partial charge >= 0.3 is 0 Å². The van der Waals surface area contributed by atoms with Crippen LogP contribution >= 0.6 is 0 Å². The Bertz CT molecular complexity index is 1300. The first kappa shape index (κ1) is 59.8. The molecule has 0 radical (unpaired) electrons. The maximum atomic E-state index is 13.2. The third kappa shape index (κ3) is 20.3. The molecule has 3 saturated heterocycles. The maximum Gasteiger partial charge on any atom is 0.220 e. The summed E-state index contributed by atoms with van der Waals surface area (Å²) < 4.78 is 34.1. The van der Waals surface area contributed by atoms with Crippen molar-refractivity contribution in [1.29, 1.82) is 0 Å². The molecule has 0 bridgehead atoms. The SMILES string of the molecule is CCCCCCCCCCC/C=C/C(O)C(COC1OC(CO)C(OC2OC(CO)C(OC3OC(CO)C(O)C(O)C3O)C(O)C2O)C(O)C1O)NC(=O)CCCCCCCCCCCCC. The van der Waals surface area contributed by atoms with Gasteiger partial charge in [-0.25, -0.2) is 0 Å². The zero-order valence-corrected chi connectivity index (χ0v) is 40.1. The molecule has 19 nitrogen and oxygen atoms in total. The second-order valence-corrected chi connectivity index (χ2v) is 18.6. The van der Waals surface area contributed by atoms with E-state index in [0.717, 1.165) is 44.9 Å². The quantitative estimate of drug-likeness (QED) is 0.0316. The van der Waals surface area contributed by atoms with Crippen molar-refractivity contribution in [1.82, 2.24) is 5.32 Å². The minimum atomic E-state index is -1.97. The molecule has 0 aliphatic carbocycles. The Morgan fingerprint density at radius 1 is 0.522 bits per heavy atom. The van der Waals surface area contributed by atoms with Gasteiger partial charge in [0.25, 0.3) is 0 Å². The summed E-state index contributed by atoms with van der Waals surface area (Å²) in [5, 5.41) is 119. The number of hydrogen-bond acceptors (Lipinski definition) is 18. The standard InChI is InChI=1S/C48H89NO18/c1-3-5-7-9-11-13-15-17-19-21-23-25-32(53)31(49-36(54)26-24-22-20-18-16-14-12-10-8-6-4-2)30-62-46-42(60)39(57)44(34(28-51)64-46)67-48-43(61)40(58)45(35(29-52)65-48)66-47-41(59)38(56)37(55)33(27-50)63-47/h23,25,31-35,37-48,50-53,55-61H,3-22,24,26-30H2,1-2H3,(H,49,54)/b25-23+. The Morgan fingerprint density at radius 3 is 1.40 bits per heavy atom. The van der Waals surface area contributed by atoms with Gasteiger partial charge in [-0.3, -0.25) is 4.79 Å². The van der Waals surface area contributed by atoms with E-state index in [-0.39, 0.29) is 18.9 Å². The van der Waals surface area contributed by atoms with Crippen LogP contribution in [0.2, 0.25) is 0 Å². The molecule has 3 aliphatic heterocycles. The van der Waals surface area contributed by atoms with E-state index < -0.39 is 124 Å². The fourth-order valence-corrected chi connectivity index (χ4v) is 8.78. The van der Waals surface area contributed by atoms with Crippen molar-refractivity contribution < 1.29 is 89.4 Å². The first-order chi connectivity index (χ1) is 32.3. The van der Waals surface area contributed by atoms with Crippen LogP contribution in [0.4, 0.5) is 0 Å². The van der Waals surface area contributed by atoms with E-state index in [1.165, 1.54) is 83.5 Å². The van der Waals surface area contributed by atoms with Gasteiger partial charge in [-0.15, -0.1) is 0 Å². The number of aliphatic hydroxyl groups excluding tert-OH is 11. The smallest absolute Gasteiger partial charge is 0.220 e. The van der Waals surface area contributed by atoms with Gasteiger partial charge in [0, 0.05) is 6.42 Å². The normalized spacial score (nSPS) is 33.5. The number of nitrogens with one attached hydrogen (secondary N) is 1. The highest BCUT2D eigenvalue weighted by atomic mass is 16.8. The Labute approximate surface area is 397 Å². The summed E-state index contributed by atoms with van der Waals surface area (Å²) in [6, 6.07) is -0.963. The van der Waals surface area contributed by atoms with Gasteiger partial charge in [0.05, 0.1) is 38.6 Å². The van der Waals surface area contributed by atoms with Crippen molar-refractivity contribution in [3.8, 4) is 0 Å². The van der Waals surface area contributed by atoms with E-state index in [1.807, 2.05) is 6.08 Å². The molecule has 0 aromatic rings. The summed E-state index contributed by atoms with van der Waals surface area (Å²) in [4.78, 5) is 13.2. The Balaban J connectivity index is 1.58. The van der Waals surface area contributed by atoms with Gasteiger partial charge in [0.1, 0.15) is 73.2 Å². The van der Waals surface area contributed by atoms with Gasteiger partial charge < -0.3 is 89.9 Å². The highest BCUT2D eigenvalue weighted by Crippen LogP contribution is 2.33. The van der Waals surface area contributed by atoms with E-state index >= 15 is 0 Å². The van der Waals surface area contributed by atoms with Crippen molar-refractivity contribution in [3.05, 3.63) is 12.2 Å². The molecule has 12 N–H and O–H groups in total. The van der Waals surface area contributed by atoms with Crippen molar-refractivity contribution in [3.63, 3.8) is 0 Å². The van der Waals surface area contributed by atoms with E-state index in [2.05, 4.69) is 19.2 Å². The second kappa shape index (κ2) is 34.0. The van der Waals surface area contributed by atoms with Gasteiger partial charge in [0.2, 0.25) is 5.91 Å². The van der Waals surface area contributed by atoms with Gasteiger partial charge in [-0.05, 0) is 19.3 Å². The zero-order valence-electron chi connectivity index (χ0n) is 40.1. The van der Waals surface area contributed by atoms with Crippen molar-refractivity contribution in [2.45, 2.75) is 259 Å². The fourth-order valence-electron chi connectivity index (χ4n) is 8.78. The van der Waals surface area contributed by atoms with Crippen molar-refractivity contribution in [2.75, 3.05) is 26.4 Å². The minimum absolute atomic E-state index is 0.247. The van der Waals surface area contributed by atoms with Crippen LogP contribution in [0.3, 0.4) is 0 Å².